The highest BCUT2D eigenvalue weighted by Gasteiger charge is 2.18. The minimum atomic E-state index is 0.878. The fourth-order valence-corrected chi connectivity index (χ4v) is 9.27. The van der Waals surface area contributed by atoms with Gasteiger partial charge in [0, 0.05) is 44.3 Å². The van der Waals surface area contributed by atoms with Gasteiger partial charge in [-0.3, -0.25) is 4.40 Å². The van der Waals surface area contributed by atoms with Gasteiger partial charge in [-0.05, 0) is 86.9 Å². The van der Waals surface area contributed by atoms with Crippen LogP contribution in [0.25, 0.3) is 127 Å². The molecule has 0 aliphatic rings. The Hall–Kier alpha value is -8.15. The molecule has 13 rings (SSSR count). The predicted molar refractivity (Wildman–Crippen MR) is 247 cm³/mol. The SMILES string of the molecule is c1ccc(-c2nc3ccc4cc(-c5ccc6c(c5)c5ccccc5c5nc7cc(-c8ccc9oc%10ccccc%10c9c8)ccn7c65)ccc4c3nc2-c2ccccc2)cc1. The van der Waals surface area contributed by atoms with Gasteiger partial charge in [0.25, 0.3) is 0 Å². The Balaban J connectivity index is 0.946. The average molecular weight is 765 g/mol. The summed E-state index contributed by atoms with van der Waals surface area (Å²) in [6.07, 6.45) is 2.17. The largest absolute Gasteiger partial charge is 0.456 e. The second-order valence-corrected chi connectivity index (χ2v) is 15.6. The molecule has 0 amide bonds. The first-order chi connectivity index (χ1) is 29.7. The number of furan rings is 1. The van der Waals surface area contributed by atoms with E-state index in [1.807, 2.05) is 24.3 Å². The third-order valence-corrected chi connectivity index (χ3v) is 12.2. The number of fused-ring (bicyclic) bond motifs is 14. The van der Waals surface area contributed by atoms with E-state index in [0.717, 1.165) is 111 Å². The molecule has 0 fully saturated rings. The van der Waals surface area contributed by atoms with Crippen molar-refractivity contribution in [2.75, 3.05) is 0 Å². The maximum Gasteiger partial charge on any atom is 0.138 e. The van der Waals surface area contributed by atoms with Crippen molar-refractivity contribution in [3.05, 3.63) is 194 Å². The minimum absolute atomic E-state index is 0.878. The number of imidazole rings is 1. The van der Waals surface area contributed by atoms with Crippen molar-refractivity contribution >= 4 is 82.0 Å². The van der Waals surface area contributed by atoms with Crippen molar-refractivity contribution in [3.63, 3.8) is 0 Å². The highest BCUT2D eigenvalue weighted by Crippen LogP contribution is 2.40. The lowest BCUT2D eigenvalue weighted by Gasteiger charge is -2.13. The Labute approximate surface area is 343 Å². The van der Waals surface area contributed by atoms with E-state index >= 15 is 0 Å². The summed E-state index contributed by atoms with van der Waals surface area (Å²) in [6, 6.07) is 66.3. The quantitative estimate of drug-likeness (QED) is 0.168. The van der Waals surface area contributed by atoms with Gasteiger partial charge < -0.3 is 4.42 Å². The number of aromatic nitrogens is 4. The van der Waals surface area contributed by atoms with Crippen LogP contribution in [0, 0.1) is 0 Å². The lowest BCUT2D eigenvalue weighted by atomic mass is 9.94. The maximum atomic E-state index is 6.12. The molecule has 0 atom stereocenters. The highest BCUT2D eigenvalue weighted by atomic mass is 16.3. The lowest BCUT2D eigenvalue weighted by molar-refractivity contribution is 0.669. The van der Waals surface area contributed by atoms with Crippen molar-refractivity contribution in [1.29, 1.82) is 0 Å². The summed E-state index contributed by atoms with van der Waals surface area (Å²) >= 11 is 0. The second-order valence-electron chi connectivity index (χ2n) is 15.6. The second kappa shape index (κ2) is 12.7. The summed E-state index contributed by atoms with van der Waals surface area (Å²) in [4.78, 5) is 15.9. The Bertz CT molecular complexity index is 3890. The van der Waals surface area contributed by atoms with E-state index in [1.54, 1.807) is 0 Å². The first-order valence-corrected chi connectivity index (χ1v) is 20.3. The standard InChI is InChI=1S/C55H32N4O/c1-3-11-33(12-4-1)51-52(34-13-5-2-6-14-34)58-53-40-23-19-35(29-39(40)21-25-47(53)56-51)36-20-24-44-45(30-36)41-15-7-8-17-43(41)54-55(44)59-28-27-38(32-50(59)57-54)37-22-26-49-46(31-37)42-16-9-10-18-48(42)60-49/h1-32H. The summed E-state index contributed by atoms with van der Waals surface area (Å²) in [6.45, 7) is 0. The van der Waals surface area contributed by atoms with Crippen LogP contribution in [0.1, 0.15) is 0 Å². The van der Waals surface area contributed by atoms with E-state index in [2.05, 4.69) is 174 Å². The molecule has 4 heterocycles. The maximum absolute atomic E-state index is 6.12. The zero-order chi connectivity index (χ0) is 39.3. The van der Waals surface area contributed by atoms with Crippen LogP contribution in [0.3, 0.4) is 0 Å². The van der Waals surface area contributed by atoms with Crippen LogP contribution in [0.4, 0.5) is 0 Å². The van der Waals surface area contributed by atoms with Gasteiger partial charge in [-0.2, -0.15) is 0 Å². The summed E-state index contributed by atoms with van der Waals surface area (Å²) in [5.74, 6) is 0. The van der Waals surface area contributed by atoms with Crippen LogP contribution >= 0.6 is 0 Å². The molecule has 60 heavy (non-hydrogen) atoms. The average Bonchev–Trinajstić information content (AvgIpc) is 3.90. The monoisotopic (exact) mass is 764 g/mol. The van der Waals surface area contributed by atoms with Crippen LogP contribution in [-0.2, 0) is 0 Å². The van der Waals surface area contributed by atoms with Gasteiger partial charge in [-0.15, -0.1) is 0 Å². The van der Waals surface area contributed by atoms with Crippen molar-refractivity contribution < 1.29 is 4.42 Å². The van der Waals surface area contributed by atoms with E-state index in [0.29, 0.717) is 0 Å². The first-order valence-electron chi connectivity index (χ1n) is 20.3. The van der Waals surface area contributed by atoms with Crippen LogP contribution < -0.4 is 0 Å². The molecule has 0 spiro atoms. The van der Waals surface area contributed by atoms with E-state index in [9.17, 15) is 0 Å². The van der Waals surface area contributed by atoms with Gasteiger partial charge in [0.1, 0.15) is 16.8 Å². The van der Waals surface area contributed by atoms with Crippen LogP contribution in [-0.4, -0.2) is 19.4 Å². The molecule has 0 saturated carbocycles. The lowest BCUT2D eigenvalue weighted by Crippen LogP contribution is -1.96. The number of para-hydroxylation sites is 1. The number of hydrogen-bond donors (Lipinski definition) is 0. The molecule has 0 aliphatic heterocycles. The van der Waals surface area contributed by atoms with E-state index in [-0.39, 0.29) is 0 Å². The molecule has 13 aromatic rings. The van der Waals surface area contributed by atoms with E-state index in [4.69, 9.17) is 19.4 Å². The number of nitrogens with zero attached hydrogens (tertiary/aromatic N) is 4. The fraction of sp³-hybridized carbons (Fsp3) is 0. The number of rotatable bonds is 4. The van der Waals surface area contributed by atoms with Crippen LogP contribution in [0.2, 0.25) is 0 Å². The Morgan fingerprint density at radius 3 is 1.77 bits per heavy atom. The zero-order valence-electron chi connectivity index (χ0n) is 32.2. The van der Waals surface area contributed by atoms with E-state index < -0.39 is 0 Å². The summed E-state index contributed by atoms with van der Waals surface area (Å²) in [5, 5.41) is 9.14. The van der Waals surface area contributed by atoms with Gasteiger partial charge >= 0.3 is 0 Å². The molecule has 5 nitrogen and oxygen atoms in total. The molecular formula is C55H32N4O. The molecule has 5 heteroatoms. The predicted octanol–water partition coefficient (Wildman–Crippen LogP) is 14.5. The van der Waals surface area contributed by atoms with Gasteiger partial charge in [-0.25, -0.2) is 15.0 Å². The molecule has 0 bridgehead atoms. The molecule has 0 N–H and O–H groups in total. The molecule has 278 valence electrons. The van der Waals surface area contributed by atoms with Crippen molar-refractivity contribution in [2.24, 2.45) is 0 Å². The van der Waals surface area contributed by atoms with E-state index in [1.165, 1.54) is 16.2 Å². The first kappa shape index (κ1) is 32.9. The van der Waals surface area contributed by atoms with Gasteiger partial charge in [0.2, 0.25) is 0 Å². The topological polar surface area (TPSA) is 56.2 Å². The molecule has 4 aromatic heterocycles. The Morgan fingerprint density at radius 2 is 0.967 bits per heavy atom. The summed E-state index contributed by atoms with van der Waals surface area (Å²) in [7, 11) is 0. The van der Waals surface area contributed by atoms with Gasteiger partial charge in [-0.1, -0.05) is 140 Å². The van der Waals surface area contributed by atoms with Crippen molar-refractivity contribution in [2.45, 2.75) is 0 Å². The van der Waals surface area contributed by atoms with Gasteiger partial charge in [0.05, 0.1) is 33.5 Å². The summed E-state index contributed by atoms with van der Waals surface area (Å²) in [5.41, 5.74) is 15.0. The molecule has 9 aromatic carbocycles. The van der Waals surface area contributed by atoms with Crippen LogP contribution in [0.15, 0.2) is 199 Å². The third-order valence-electron chi connectivity index (χ3n) is 12.2. The summed E-state index contributed by atoms with van der Waals surface area (Å²) < 4.78 is 8.36. The van der Waals surface area contributed by atoms with Gasteiger partial charge in [0.15, 0.2) is 0 Å². The van der Waals surface area contributed by atoms with Crippen LogP contribution in [0.5, 0.6) is 0 Å². The van der Waals surface area contributed by atoms with Crippen molar-refractivity contribution in [1.82, 2.24) is 19.4 Å². The number of pyridine rings is 1. The highest BCUT2D eigenvalue weighted by molar-refractivity contribution is 6.24. The van der Waals surface area contributed by atoms with Crippen molar-refractivity contribution in [3.8, 4) is 44.8 Å². The molecule has 0 aliphatic carbocycles. The number of benzene rings is 9. The fourth-order valence-electron chi connectivity index (χ4n) is 9.27. The molecular weight excluding hydrogens is 733 g/mol. The molecule has 0 saturated heterocycles. The smallest absolute Gasteiger partial charge is 0.138 e. The molecule has 0 unspecified atom stereocenters. The Morgan fingerprint density at radius 1 is 0.350 bits per heavy atom. The Kier molecular flexibility index (Phi) is 6.95. The normalized spacial score (nSPS) is 12.0. The minimum Gasteiger partial charge on any atom is -0.456 e. The molecule has 0 radical (unpaired) electrons. The number of hydrogen-bond acceptors (Lipinski definition) is 4. The third kappa shape index (κ3) is 4.96. The zero-order valence-corrected chi connectivity index (χ0v) is 32.2.